The van der Waals surface area contributed by atoms with Crippen molar-refractivity contribution in [2.75, 3.05) is 6.61 Å². The molecule has 0 bridgehead atoms. The number of benzene rings is 1. The van der Waals surface area contributed by atoms with Crippen molar-refractivity contribution in [2.24, 2.45) is 4.99 Å². The van der Waals surface area contributed by atoms with E-state index >= 15 is 0 Å². The molecule has 2 aromatic rings. The Hall–Kier alpha value is -2.43. The Labute approximate surface area is 131 Å². The van der Waals surface area contributed by atoms with Crippen molar-refractivity contribution < 1.29 is 18.7 Å². The van der Waals surface area contributed by atoms with E-state index in [1.807, 2.05) is 6.92 Å². The van der Waals surface area contributed by atoms with E-state index < -0.39 is 5.82 Å². The third-order valence-corrected chi connectivity index (χ3v) is 2.86. The molecular weight excluding hydrogens is 311 g/mol. The molecule has 114 valence electrons. The fourth-order valence-electron chi connectivity index (χ4n) is 1.61. The van der Waals surface area contributed by atoms with Gasteiger partial charge in [-0.1, -0.05) is 18.5 Å². The largest absolute Gasteiger partial charge is 0.475 e. The third-order valence-electron chi connectivity index (χ3n) is 2.57. The highest BCUT2D eigenvalue weighted by molar-refractivity contribution is 6.32. The van der Waals surface area contributed by atoms with Crippen LogP contribution in [0.2, 0.25) is 5.02 Å². The second kappa shape index (κ2) is 7.54. The van der Waals surface area contributed by atoms with Crippen LogP contribution >= 0.6 is 11.6 Å². The highest BCUT2D eigenvalue weighted by Crippen LogP contribution is 2.37. The highest BCUT2D eigenvalue weighted by Gasteiger charge is 2.13. The molecule has 7 heteroatoms. The average molecular weight is 323 g/mol. The van der Waals surface area contributed by atoms with Gasteiger partial charge < -0.3 is 9.47 Å². The normalized spacial score (nSPS) is 9.95. The van der Waals surface area contributed by atoms with Crippen molar-refractivity contribution in [1.29, 1.82) is 0 Å². The standard InChI is InChI=1S/C15H12ClFN2O3/c1-2-6-21-15-13(4-3-5-18-15)22-14-8-12(19-9-20)11(17)7-10(14)16/h3-5,7-8H,2,6H2,1H3. The van der Waals surface area contributed by atoms with Crippen molar-refractivity contribution in [3.8, 4) is 17.4 Å². The molecule has 0 aliphatic heterocycles. The first-order chi connectivity index (χ1) is 10.7. The number of aliphatic imine (C=N–C) groups is 1. The number of carbonyl (C=O) groups excluding carboxylic acids is 1. The van der Waals surface area contributed by atoms with Crippen LogP contribution < -0.4 is 9.47 Å². The second-order valence-corrected chi connectivity index (χ2v) is 4.60. The van der Waals surface area contributed by atoms with Gasteiger partial charge >= 0.3 is 0 Å². The maximum Gasteiger partial charge on any atom is 0.257 e. The maximum absolute atomic E-state index is 13.6. The molecule has 1 aromatic carbocycles. The van der Waals surface area contributed by atoms with E-state index in [2.05, 4.69) is 9.98 Å². The van der Waals surface area contributed by atoms with Crippen molar-refractivity contribution in [3.05, 3.63) is 41.3 Å². The number of nitrogens with zero attached hydrogens (tertiary/aromatic N) is 2. The Morgan fingerprint density at radius 2 is 2.23 bits per heavy atom. The number of hydrogen-bond acceptors (Lipinski definition) is 5. The van der Waals surface area contributed by atoms with E-state index in [1.54, 1.807) is 18.3 Å². The predicted molar refractivity (Wildman–Crippen MR) is 79.3 cm³/mol. The second-order valence-electron chi connectivity index (χ2n) is 4.19. The summed E-state index contributed by atoms with van der Waals surface area (Å²) in [6.07, 6.45) is 3.65. The first-order valence-corrected chi connectivity index (χ1v) is 6.86. The zero-order valence-corrected chi connectivity index (χ0v) is 12.4. The third kappa shape index (κ3) is 3.81. The lowest BCUT2D eigenvalue weighted by atomic mass is 10.3. The molecular formula is C15H12ClFN2O3. The minimum absolute atomic E-state index is 0.0349. The molecule has 0 fully saturated rings. The summed E-state index contributed by atoms with van der Waals surface area (Å²) < 4.78 is 24.6. The zero-order chi connectivity index (χ0) is 15.9. The summed E-state index contributed by atoms with van der Waals surface area (Å²) in [5, 5.41) is 0.0349. The summed E-state index contributed by atoms with van der Waals surface area (Å²) in [5.74, 6) is 0.0106. The smallest absolute Gasteiger partial charge is 0.257 e. The average Bonchev–Trinajstić information content (AvgIpc) is 2.51. The van der Waals surface area contributed by atoms with Crippen LogP contribution in [0.25, 0.3) is 0 Å². The lowest BCUT2D eigenvalue weighted by Crippen LogP contribution is -1.99. The SMILES string of the molecule is CCCOc1ncccc1Oc1cc(N=C=O)c(F)cc1Cl. The number of rotatable bonds is 6. The number of ether oxygens (including phenoxy) is 2. The first-order valence-electron chi connectivity index (χ1n) is 6.48. The van der Waals surface area contributed by atoms with Crippen LogP contribution in [-0.4, -0.2) is 17.7 Å². The molecule has 5 nitrogen and oxygen atoms in total. The molecule has 0 amide bonds. The van der Waals surface area contributed by atoms with E-state index in [4.69, 9.17) is 21.1 Å². The summed E-state index contributed by atoms with van der Waals surface area (Å²) >= 11 is 5.94. The fourth-order valence-corrected chi connectivity index (χ4v) is 1.80. The van der Waals surface area contributed by atoms with Gasteiger partial charge in [-0.2, -0.15) is 4.99 Å². The summed E-state index contributed by atoms with van der Waals surface area (Å²) in [5.41, 5.74) is -0.214. The van der Waals surface area contributed by atoms with Crippen LogP contribution in [0.5, 0.6) is 17.4 Å². The van der Waals surface area contributed by atoms with Crippen LogP contribution in [0.15, 0.2) is 35.5 Å². The van der Waals surface area contributed by atoms with Crippen LogP contribution in [-0.2, 0) is 4.79 Å². The molecule has 0 saturated carbocycles. The highest BCUT2D eigenvalue weighted by atomic mass is 35.5. The summed E-state index contributed by atoms with van der Waals surface area (Å²) in [7, 11) is 0. The van der Waals surface area contributed by atoms with Gasteiger partial charge in [0, 0.05) is 12.3 Å². The molecule has 0 atom stereocenters. The molecule has 1 heterocycles. The Morgan fingerprint density at radius 1 is 1.41 bits per heavy atom. The Morgan fingerprint density at radius 3 is 2.95 bits per heavy atom. The molecule has 0 unspecified atom stereocenters. The van der Waals surface area contributed by atoms with E-state index in [0.717, 1.165) is 12.5 Å². The minimum Gasteiger partial charge on any atom is -0.475 e. The van der Waals surface area contributed by atoms with Crippen LogP contribution in [0.4, 0.5) is 10.1 Å². The van der Waals surface area contributed by atoms with Gasteiger partial charge in [-0.25, -0.2) is 14.2 Å². The topological polar surface area (TPSA) is 60.8 Å². The van der Waals surface area contributed by atoms with Crippen molar-refractivity contribution in [2.45, 2.75) is 13.3 Å². The minimum atomic E-state index is -0.741. The van der Waals surface area contributed by atoms with Crippen molar-refractivity contribution in [3.63, 3.8) is 0 Å². The van der Waals surface area contributed by atoms with Gasteiger partial charge in [0.1, 0.15) is 11.4 Å². The van der Waals surface area contributed by atoms with E-state index in [1.165, 1.54) is 12.1 Å². The molecule has 0 spiro atoms. The van der Waals surface area contributed by atoms with E-state index in [0.29, 0.717) is 18.2 Å². The molecule has 0 saturated heterocycles. The molecule has 0 N–H and O–H groups in total. The lowest BCUT2D eigenvalue weighted by Gasteiger charge is -2.12. The van der Waals surface area contributed by atoms with Gasteiger partial charge in [-0.3, -0.25) is 0 Å². The fraction of sp³-hybridized carbons (Fsp3) is 0.200. The van der Waals surface area contributed by atoms with Gasteiger partial charge in [0.2, 0.25) is 6.08 Å². The van der Waals surface area contributed by atoms with E-state index in [9.17, 15) is 9.18 Å². The summed E-state index contributed by atoms with van der Waals surface area (Å²) in [6, 6.07) is 5.52. The van der Waals surface area contributed by atoms with Crippen LogP contribution in [0.3, 0.4) is 0 Å². The zero-order valence-electron chi connectivity index (χ0n) is 11.7. The predicted octanol–water partition coefficient (Wildman–Crippen LogP) is 4.42. The number of hydrogen-bond donors (Lipinski definition) is 0. The van der Waals surface area contributed by atoms with Gasteiger partial charge in [-0.15, -0.1) is 0 Å². The monoisotopic (exact) mass is 322 g/mol. The molecule has 0 aliphatic rings. The van der Waals surface area contributed by atoms with Gasteiger partial charge in [0.15, 0.2) is 11.6 Å². The van der Waals surface area contributed by atoms with E-state index in [-0.39, 0.29) is 16.5 Å². The number of isocyanates is 1. The number of pyridine rings is 1. The Kier molecular flexibility index (Phi) is 5.47. The quantitative estimate of drug-likeness (QED) is 0.583. The number of halogens is 2. The lowest BCUT2D eigenvalue weighted by molar-refractivity contribution is 0.290. The Balaban J connectivity index is 2.34. The van der Waals surface area contributed by atoms with Gasteiger partial charge in [0.05, 0.1) is 11.6 Å². The first kappa shape index (κ1) is 15.9. The molecule has 0 radical (unpaired) electrons. The molecule has 1 aromatic heterocycles. The van der Waals surface area contributed by atoms with Crippen molar-refractivity contribution in [1.82, 2.24) is 4.98 Å². The maximum atomic E-state index is 13.6. The van der Waals surface area contributed by atoms with Crippen molar-refractivity contribution >= 4 is 23.4 Å². The Bertz CT molecular complexity index is 718. The summed E-state index contributed by atoms with van der Waals surface area (Å²) in [6.45, 7) is 2.44. The molecule has 2 rings (SSSR count). The van der Waals surface area contributed by atoms with Gasteiger partial charge in [0.25, 0.3) is 5.88 Å². The van der Waals surface area contributed by atoms with Crippen LogP contribution in [0.1, 0.15) is 13.3 Å². The van der Waals surface area contributed by atoms with Crippen LogP contribution in [0, 0.1) is 5.82 Å². The molecule has 0 aliphatic carbocycles. The molecule has 22 heavy (non-hydrogen) atoms. The number of aromatic nitrogens is 1. The summed E-state index contributed by atoms with van der Waals surface area (Å²) in [4.78, 5) is 17.6. The van der Waals surface area contributed by atoms with Gasteiger partial charge in [-0.05, 0) is 24.6 Å².